The van der Waals surface area contributed by atoms with Crippen molar-refractivity contribution in [2.75, 3.05) is 25.5 Å². The Kier molecular flexibility index (Phi) is 6.01. The van der Waals surface area contributed by atoms with Gasteiger partial charge in [-0.1, -0.05) is 25.5 Å². The van der Waals surface area contributed by atoms with E-state index in [0.29, 0.717) is 6.54 Å². The first-order valence-corrected chi connectivity index (χ1v) is 6.28. The average Bonchev–Trinajstić information content (AvgIpc) is 2.30. The average molecular weight is 236 g/mol. The molecule has 1 atom stereocenters. The van der Waals surface area contributed by atoms with Gasteiger partial charge in [-0.3, -0.25) is 0 Å². The molecule has 1 rings (SSSR count). The van der Waals surface area contributed by atoms with Gasteiger partial charge >= 0.3 is 0 Å². The molecule has 0 saturated carbocycles. The maximum atomic E-state index is 9.57. The molecule has 0 aliphatic rings. The maximum Gasteiger partial charge on any atom is 0.0664 e. The number of hydrogen-bond acceptors (Lipinski definition) is 3. The zero-order chi connectivity index (χ0) is 12.7. The summed E-state index contributed by atoms with van der Waals surface area (Å²) < 4.78 is 0. The SMILES string of the molecule is CCC[C@@H](O)CNCc1ccc(N(C)C)cc1. The second-order valence-electron chi connectivity index (χ2n) is 4.63. The molecule has 0 bridgehead atoms. The Morgan fingerprint density at radius 1 is 1.24 bits per heavy atom. The Balaban J connectivity index is 2.32. The van der Waals surface area contributed by atoms with Gasteiger partial charge in [-0.2, -0.15) is 0 Å². The molecule has 0 aliphatic heterocycles. The van der Waals surface area contributed by atoms with Gasteiger partial charge in [-0.25, -0.2) is 0 Å². The summed E-state index contributed by atoms with van der Waals surface area (Å²) in [6, 6.07) is 8.46. The van der Waals surface area contributed by atoms with E-state index in [2.05, 4.69) is 41.4 Å². The van der Waals surface area contributed by atoms with Crippen molar-refractivity contribution in [3.63, 3.8) is 0 Å². The molecule has 3 nitrogen and oxygen atoms in total. The Hall–Kier alpha value is -1.06. The lowest BCUT2D eigenvalue weighted by atomic mass is 10.2. The summed E-state index contributed by atoms with van der Waals surface area (Å²) in [6.07, 6.45) is 1.67. The lowest BCUT2D eigenvalue weighted by Crippen LogP contribution is -2.26. The van der Waals surface area contributed by atoms with Crippen molar-refractivity contribution in [1.82, 2.24) is 5.32 Å². The van der Waals surface area contributed by atoms with E-state index >= 15 is 0 Å². The fourth-order valence-electron chi connectivity index (χ4n) is 1.73. The summed E-state index contributed by atoms with van der Waals surface area (Å²) >= 11 is 0. The number of hydrogen-bond donors (Lipinski definition) is 2. The highest BCUT2D eigenvalue weighted by Crippen LogP contribution is 2.11. The lowest BCUT2D eigenvalue weighted by Gasteiger charge is -2.13. The molecule has 96 valence electrons. The molecule has 17 heavy (non-hydrogen) atoms. The van der Waals surface area contributed by atoms with E-state index in [1.54, 1.807) is 0 Å². The molecular formula is C14H24N2O. The van der Waals surface area contributed by atoms with Crippen molar-refractivity contribution < 1.29 is 5.11 Å². The molecule has 0 heterocycles. The monoisotopic (exact) mass is 236 g/mol. The van der Waals surface area contributed by atoms with Crippen LogP contribution in [0, 0.1) is 0 Å². The summed E-state index contributed by atoms with van der Waals surface area (Å²) in [5.41, 5.74) is 2.46. The van der Waals surface area contributed by atoms with Gasteiger partial charge in [-0.15, -0.1) is 0 Å². The van der Waals surface area contributed by atoms with Crippen LogP contribution < -0.4 is 10.2 Å². The molecule has 0 saturated heterocycles. The van der Waals surface area contributed by atoms with E-state index in [-0.39, 0.29) is 6.10 Å². The van der Waals surface area contributed by atoms with Crippen molar-refractivity contribution in [1.29, 1.82) is 0 Å². The Bertz CT molecular complexity index is 309. The molecule has 0 spiro atoms. The number of nitrogens with zero attached hydrogens (tertiary/aromatic N) is 1. The van der Waals surface area contributed by atoms with Crippen LogP contribution in [0.1, 0.15) is 25.3 Å². The number of aliphatic hydroxyl groups excluding tert-OH is 1. The Morgan fingerprint density at radius 2 is 1.88 bits per heavy atom. The Morgan fingerprint density at radius 3 is 2.41 bits per heavy atom. The molecule has 3 heteroatoms. The largest absolute Gasteiger partial charge is 0.392 e. The van der Waals surface area contributed by atoms with E-state index in [4.69, 9.17) is 0 Å². The molecule has 0 fully saturated rings. The first kappa shape index (κ1) is 14.0. The van der Waals surface area contributed by atoms with Gasteiger partial charge in [0.1, 0.15) is 0 Å². The molecular weight excluding hydrogens is 212 g/mol. The highest BCUT2D eigenvalue weighted by molar-refractivity contribution is 5.45. The standard InChI is InChI=1S/C14H24N2O/c1-4-5-14(17)11-15-10-12-6-8-13(9-7-12)16(2)3/h6-9,14-15,17H,4-5,10-11H2,1-3H3/t14-/m1/s1. The second-order valence-corrected chi connectivity index (χ2v) is 4.63. The highest BCUT2D eigenvalue weighted by atomic mass is 16.3. The van der Waals surface area contributed by atoms with Gasteiger partial charge in [0.15, 0.2) is 0 Å². The maximum absolute atomic E-state index is 9.57. The predicted octanol–water partition coefficient (Wildman–Crippen LogP) is 2.00. The lowest BCUT2D eigenvalue weighted by molar-refractivity contribution is 0.160. The van der Waals surface area contributed by atoms with Crippen molar-refractivity contribution in [2.45, 2.75) is 32.4 Å². The van der Waals surface area contributed by atoms with E-state index < -0.39 is 0 Å². The first-order chi connectivity index (χ1) is 8.13. The van der Waals surface area contributed by atoms with Crippen LogP contribution in [0.15, 0.2) is 24.3 Å². The molecule has 0 aromatic heterocycles. The zero-order valence-electron chi connectivity index (χ0n) is 11.1. The van der Waals surface area contributed by atoms with Crippen LogP contribution >= 0.6 is 0 Å². The van der Waals surface area contributed by atoms with Crippen LogP contribution in [0.4, 0.5) is 5.69 Å². The minimum Gasteiger partial charge on any atom is -0.392 e. The van der Waals surface area contributed by atoms with Gasteiger partial charge in [0.2, 0.25) is 0 Å². The van der Waals surface area contributed by atoms with Gasteiger partial charge in [-0.05, 0) is 24.1 Å². The molecule has 0 aliphatic carbocycles. The summed E-state index contributed by atoms with van der Waals surface area (Å²) in [6.45, 7) is 3.57. The summed E-state index contributed by atoms with van der Waals surface area (Å²) in [5.74, 6) is 0. The van der Waals surface area contributed by atoms with Crippen LogP contribution in [0.3, 0.4) is 0 Å². The van der Waals surface area contributed by atoms with Crippen molar-refractivity contribution in [3.8, 4) is 0 Å². The van der Waals surface area contributed by atoms with Crippen LogP contribution in [0.25, 0.3) is 0 Å². The minimum atomic E-state index is -0.221. The topological polar surface area (TPSA) is 35.5 Å². The number of aliphatic hydroxyl groups is 1. The van der Waals surface area contributed by atoms with E-state index in [9.17, 15) is 5.11 Å². The highest BCUT2D eigenvalue weighted by Gasteiger charge is 2.01. The van der Waals surface area contributed by atoms with Crippen LogP contribution in [-0.2, 0) is 6.54 Å². The summed E-state index contributed by atoms with van der Waals surface area (Å²) in [5, 5.41) is 12.8. The second kappa shape index (κ2) is 7.30. The fraction of sp³-hybridized carbons (Fsp3) is 0.571. The number of anilines is 1. The van der Waals surface area contributed by atoms with Crippen molar-refractivity contribution in [2.24, 2.45) is 0 Å². The summed E-state index contributed by atoms with van der Waals surface area (Å²) in [7, 11) is 4.07. The van der Waals surface area contributed by atoms with Crippen LogP contribution in [0.5, 0.6) is 0 Å². The number of benzene rings is 1. The van der Waals surface area contributed by atoms with Gasteiger partial charge in [0, 0.05) is 32.9 Å². The van der Waals surface area contributed by atoms with Gasteiger partial charge < -0.3 is 15.3 Å². The molecule has 1 aromatic carbocycles. The number of rotatable bonds is 7. The summed E-state index contributed by atoms with van der Waals surface area (Å²) in [4.78, 5) is 2.09. The third kappa shape index (κ3) is 5.20. The van der Waals surface area contributed by atoms with Crippen LogP contribution in [-0.4, -0.2) is 31.9 Å². The van der Waals surface area contributed by atoms with Crippen molar-refractivity contribution in [3.05, 3.63) is 29.8 Å². The van der Waals surface area contributed by atoms with E-state index in [0.717, 1.165) is 19.4 Å². The molecule has 0 amide bonds. The third-order valence-corrected chi connectivity index (χ3v) is 2.78. The smallest absolute Gasteiger partial charge is 0.0664 e. The molecule has 2 N–H and O–H groups in total. The van der Waals surface area contributed by atoms with E-state index in [1.807, 2.05) is 14.1 Å². The molecule has 0 radical (unpaired) electrons. The molecule has 0 unspecified atom stereocenters. The normalized spacial score (nSPS) is 12.5. The van der Waals surface area contributed by atoms with Gasteiger partial charge in [0.25, 0.3) is 0 Å². The quantitative estimate of drug-likeness (QED) is 0.760. The van der Waals surface area contributed by atoms with Crippen molar-refractivity contribution >= 4 is 5.69 Å². The Labute approximate surface area is 104 Å². The minimum absolute atomic E-state index is 0.221. The zero-order valence-corrected chi connectivity index (χ0v) is 11.1. The van der Waals surface area contributed by atoms with Crippen LogP contribution in [0.2, 0.25) is 0 Å². The van der Waals surface area contributed by atoms with E-state index in [1.165, 1.54) is 11.3 Å². The number of nitrogens with one attached hydrogen (secondary N) is 1. The fourth-order valence-corrected chi connectivity index (χ4v) is 1.73. The molecule has 1 aromatic rings. The first-order valence-electron chi connectivity index (χ1n) is 6.28. The predicted molar refractivity (Wildman–Crippen MR) is 73.4 cm³/mol. The third-order valence-electron chi connectivity index (χ3n) is 2.78. The van der Waals surface area contributed by atoms with Gasteiger partial charge in [0.05, 0.1) is 6.10 Å².